The second-order valence-electron chi connectivity index (χ2n) is 6.61. The SMILES string of the molecule is COC(=O)[C@@H]1CC[C@H](c2ccc(O)cc2)N1C(=O)OC(C)(C)C. The van der Waals surface area contributed by atoms with Gasteiger partial charge in [-0.05, 0) is 51.3 Å². The summed E-state index contributed by atoms with van der Waals surface area (Å²) in [6.45, 7) is 5.34. The van der Waals surface area contributed by atoms with Gasteiger partial charge in [-0.15, -0.1) is 0 Å². The maximum absolute atomic E-state index is 12.6. The maximum Gasteiger partial charge on any atom is 0.411 e. The van der Waals surface area contributed by atoms with Gasteiger partial charge in [0.15, 0.2) is 0 Å². The van der Waals surface area contributed by atoms with Crippen molar-refractivity contribution in [1.29, 1.82) is 0 Å². The number of amides is 1. The Labute approximate surface area is 136 Å². The fourth-order valence-electron chi connectivity index (χ4n) is 2.77. The quantitative estimate of drug-likeness (QED) is 0.847. The molecule has 1 N–H and O–H groups in total. The first-order valence-electron chi connectivity index (χ1n) is 7.61. The number of nitrogens with zero attached hydrogens (tertiary/aromatic N) is 1. The molecule has 6 nitrogen and oxygen atoms in total. The van der Waals surface area contributed by atoms with Crippen LogP contribution in [0.15, 0.2) is 24.3 Å². The van der Waals surface area contributed by atoms with Gasteiger partial charge in [0.2, 0.25) is 0 Å². The number of esters is 1. The smallest absolute Gasteiger partial charge is 0.411 e. The summed E-state index contributed by atoms with van der Waals surface area (Å²) in [7, 11) is 1.31. The number of carbonyl (C=O) groups excluding carboxylic acids is 2. The highest BCUT2D eigenvalue weighted by molar-refractivity contribution is 5.82. The van der Waals surface area contributed by atoms with E-state index in [4.69, 9.17) is 9.47 Å². The Morgan fingerprint density at radius 1 is 1.17 bits per heavy atom. The van der Waals surface area contributed by atoms with E-state index < -0.39 is 23.7 Å². The number of phenols is 1. The minimum atomic E-state index is -0.659. The first-order valence-corrected chi connectivity index (χ1v) is 7.61. The molecule has 0 aliphatic carbocycles. The van der Waals surface area contributed by atoms with Crippen molar-refractivity contribution >= 4 is 12.1 Å². The van der Waals surface area contributed by atoms with Crippen molar-refractivity contribution in [1.82, 2.24) is 4.90 Å². The Kier molecular flexibility index (Phi) is 4.82. The molecule has 0 saturated carbocycles. The second kappa shape index (κ2) is 6.48. The Balaban J connectivity index is 2.31. The summed E-state index contributed by atoms with van der Waals surface area (Å²) >= 11 is 0. The Morgan fingerprint density at radius 2 is 1.78 bits per heavy atom. The van der Waals surface area contributed by atoms with Crippen molar-refractivity contribution in [3.05, 3.63) is 29.8 Å². The number of ether oxygens (including phenoxy) is 2. The van der Waals surface area contributed by atoms with E-state index in [0.29, 0.717) is 12.8 Å². The number of rotatable bonds is 2. The van der Waals surface area contributed by atoms with Crippen molar-refractivity contribution in [3.8, 4) is 5.75 Å². The molecule has 1 aliphatic heterocycles. The van der Waals surface area contributed by atoms with Crippen LogP contribution < -0.4 is 0 Å². The summed E-state index contributed by atoms with van der Waals surface area (Å²) in [5.41, 5.74) is 0.194. The highest BCUT2D eigenvalue weighted by Gasteiger charge is 2.44. The normalized spacial score (nSPS) is 21.1. The van der Waals surface area contributed by atoms with Crippen molar-refractivity contribution in [3.63, 3.8) is 0 Å². The predicted molar refractivity (Wildman–Crippen MR) is 84.0 cm³/mol. The molecule has 23 heavy (non-hydrogen) atoms. The van der Waals surface area contributed by atoms with Gasteiger partial charge in [0.05, 0.1) is 13.2 Å². The van der Waals surface area contributed by atoms with E-state index in [1.54, 1.807) is 45.0 Å². The van der Waals surface area contributed by atoms with Gasteiger partial charge in [0.1, 0.15) is 17.4 Å². The van der Waals surface area contributed by atoms with Crippen LogP contribution in [-0.2, 0) is 14.3 Å². The highest BCUT2D eigenvalue weighted by atomic mass is 16.6. The lowest BCUT2D eigenvalue weighted by molar-refractivity contribution is -0.146. The molecule has 1 aliphatic rings. The second-order valence-corrected chi connectivity index (χ2v) is 6.61. The molecular formula is C17H23NO5. The van der Waals surface area contributed by atoms with Crippen molar-refractivity contribution in [2.75, 3.05) is 7.11 Å². The van der Waals surface area contributed by atoms with Crippen LogP contribution in [0.4, 0.5) is 4.79 Å². The average Bonchev–Trinajstić information content (AvgIpc) is 2.90. The molecule has 0 spiro atoms. The number of hydrogen-bond donors (Lipinski definition) is 1. The van der Waals surface area contributed by atoms with Crippen LogP contribution in [-0.4, -0.2) is 40.8 Å². The lowest BCUT2D eigenvalue weighted by atomic mass is 10.0. The van der Waals surface area contributed by atoms with Gasteiger partial charge in [0, 0.05) is 0 Å². The van der Waals surface area contributed by atoms with E-state index in [-0.39, 0.29) is 11.8 Å². The Bertz CT molecular complexity index is 576. The third kappa shape index (κ3) is 3.94. The highest BCUT2D eigenvalue weighted by Crippen LogP contribution is 2.38. The van der Waals surface area contributed by atoms with Crippen LogP contribution in [0.2, 0.25) is 0 Å². The van der Waals surface area contributed by atoms with E-state index in [1.807, 2.05) is 0 Å². The zero-order valence-electron chi connectivity index (χ0n) is 13.9. The van der Waals surface area contributed by atoms with E-state index in [0.717, 1.165) is 5.56 Å². The van der Waals surface area contributed by atoms with Gasteiger partial charge < -0.3 is 14.6 Å². The molecule has 2 rings (SSSR count). The molecule has 0 bridgehead atoms. The number of hydrogen-bond acceptors (Lipinski definition) is 5. The molecule has 1 heterocycles. The van der Waals surface area contributed by atoms with Crippen LogP contribution in [0.1, 0.15) is 45.2 Å². The molecule has 1 aromatic carbocycles. The fraction of sp³-hybridized carbons (Fsp3) is 0.529. The summed E-state index contributed by atoms with van der Waals surface area (Å²) < 4.78 is 10.3. The molecule has 1 aromatic rings. The summed E-state index contributed by atoms with van der Waals surface area (Å²) in [4.78, 5) is 26.1. The van der Waals surface area contributed by atoms with E-state index >= 15 is 0 Å². The first-order chi connectivity index (χ1) is 10.7. The lowest BCUT2D eigenvalue weighted by Gasteiger charge is -2.31. The van der Waals surface area contributed by atoms with Gasteiger partial charge in [-0.2, -0.15) is 0 Å². The first kappa shape index (κ1) is 17.1. The summed E-state index contributed by atoms with van der Waals surface area (Å²) in [5.74, 6) is -0.294. The number of aromatic hydroxyl groups is 1. The molecule has 1 amide bonds. The summed E-state index contributed by atoms with van der Waals surface area (Å²) in [6.07, 6.45) is 0.602. The number of carbonyl (C=O) groups is 2. The standard InChI is InChI=1S/C17H23NO5/c1-17(2,3)23-16(21)18-13(9-10-14(18)15(20)22-4)11-5-7-12(19)8-6-11/h5-8,13-14,19H,9-10H2,1-4H3/t13-,14+/m1/s1. The van der Waals surface area contributed by atoms with Crippen LogP contribution in [0.25, 0.3) is 0 Å². The molecule has 1 fully saturated rings. The van der Waals surface area contributed by atoms with Crippen molar-refractivity contribution < 1.29 is 24.2 Å². The van der Waals surface area contributed by atoms with Gasteiger partial charge in [-0.1, -0.05) is 12.1 Å². The molecule has 1 saturated heterocycles. The van der Waals surface area contributed by atoms with Gasteiger partial charge in [-0.3, -0.25) is 4.90 Å². The summed E-state index contributed by atoms with van der Waals surface area (Å²) in [6, 6.07) is 5.68. The van der Waals surface area contributed by atoms with E-state index in [2.05, 4.69) is 0 Å². The third-order valence-electron chi connectivity index (χ3n) is 3.74. The monoisotopic (exact) mass is 321 g/mol. The zero-order valence-corrected chi connectivity index (χ0v) is 13.9. The van der Waals surface area contributed by atoms with Crippen LogP contribution in [0.3, 0.4) is 0 Å². The molecule has 126 valence electrons. The molecular weight excluding hydrogens is 298 g/mol. The lowest BCUT2D eigenvalue weighted by Crippen LogP contribution is -2.44. The third-order valence-corrected chi connectivity index (χ3v) is 3.74. The van der Waals surface area contributed by atoms with Gasteiger partial charge in [0.25, 0.3) is 0 Å². The van der Waals surface area contributed by atoms with Crippen molar-refractivity contribution in [2.24, 2.45) is 0 Å². The number of phenolic OH excluding ortho intramolecular Hbond substituents is 1. The maximum atomic E-state index is 12.6. The Hall–Kier alpha value is -2.24. The van der Waals surface area contributed by atoms with E-state index in [9.17, 15) is 14.7 Å². The van der Waals surface area contributed by atoms with Crippen LogP contribution in [0.5, 0.6) is 5.75 Å². The molecule has 2 atom stereocenters. The molecule has 0 aromatic heterocycles. The fourth-order valence-corrected chi connectivity index (χ4v) is 2.77. The zero-order chi connectivity index (χ0) is 17.2. The predicted octanol–water partition coefficient (Wildman–Crippen LogP) is 3.01. The van der Waals surface area contributed by atoms with Crippen LogP contribution >= 0.6 is 0 Å². The molecule has 0 unspecified atom stereocenters. The number of benzene rings is 1. The number of methoxy groups -OCH3 is 1. The van der Waals surface area contributed by atoms with Gasteiger partial charge in [-0.25, -0.2) is 9.59 Å². The number of likely N-dealkylation sites (tertiary alicyclic amines) is 1. The van der Waals surface area contributed by atoms with E-state index in [1.165, 1.54) is 12.0 Å². The minimum Gasteiger partial charge on any atom is -0.508 e. The average molecular weight is 321 g/mol. The summed E-state index contributed by atoms with van der Waals surface area (Å²) in [5, 5.41) is 9.43. The van der Waals surface area contributed by atoms with Crippen LogP contribution in [0, 0.1) is 0 Å². The molecule has 6 heteroatoms. The largest absolute Gasteiger partial charge is 0.508 e. The van der Waals surface area contributed by atoms with Crippen molar-refractivity contribution in [2.45, 2.75) is 51.3 Å². The minimum absolute atomic E-state index is 0.153. The Morgan fingerprint density at radius 3 is 2.30 bits per heavy atom. The van der Waals surface area contributed by atoms with Gasteiger partial charge >= 0.3 is 12.1 Å². The molecule has 0 radical (unpaired) electrons. The topological polar surface area (TPSA) is 76.1 Å².